The van der Waals surface area contributed by atoms with E-state index in [2.05, 4.69) is 16.5 Å². The maximum atomic E-state index is 6.35. The molecule has 1 aromatic carbocycles. The van der Waals surface area contributed by atoms with Crippen LogP contribution in [0.1, 0.15) is 22.9 Å². The molecule has 1 heterocycles. The van der Waals surface area contributed by atoms with Gasteiger partial charge in [-0.3, -0.25) is 4.68 Å². The summed E-state index contributed by atoms with van der Waals surface area (Å²) in [5.41, 5.74) is 3.05. The fraction of sp³-hybridized carbons (Fsp3) is 0.400. The predicted molar refractivity (Wildman–Crippen MR) is 84.8 cm³/mol. The van der Waals surface area contributed by atoms with E-state index in [1.165, 1.54) is 0 Å². The highest BCUT2D eigenvalue weighted by atomic mass is 35.5. The Hall–Kier alpha value is -1.03. The van der Waals surface area contributed by atoms with Crippen LogP contribution < -0.4 is 5.32 Å². The Morgan fingerprint density at radius 3 is 2.55 bits per heavy atom. The largest absolute Gasteiger partial charge is 0.319 e. The Balaban J connectivity index is 2.33. The quantitative estimate of drug-likeness (QED) is 0.914. The fourth-order valence-corrected chi connectivity index (χ4v) is 3.01. The van der Waals surface area contributed by atoms with Crippen LogP contribution in [-0.2, 0) is 13.5 Å². The van der Waals surface area contributed by atoms with Crippen molar-refractivity contribution >= 4 is 23.2 Å². The van der Waals surface area contributed by atoms with Crippen LogP contribution in [0.15, 0.2) is 24.3 Å². The molecular formula is C15H19Cl2N3. The molecule has 0 radical (unpaired) electrons. The lowest BCUT2D eigenvalue weighted by molar-refractivity contribution is 0.591. The zero-order valence-corrected chi connectivity index (χ0v) is 13.5. The van der Waals surface area contributed by atoms with E-state index in [-0.39, 0.29) is 5.92 Å². The van der Waals surface area contributed by atoms with Gasteiger partial charge in [0, 0.05) is 24.5 Å². The highest BCUT2D eigenvalue weighted by Gasteiger charge is 2.19. The average molecular weight is 312 g/mol. The zero-order valence-electron chi connectivity index (χ0n) is 12.0. The van der Waals surface area contributed by atoms with Crippen LogP contribution >= 0.6 is 23.2 Å². The van der Waals surface area contributed by atoms with E-state index in [1.54, 1.807) is 0 Å². The molecule has 0 fully saturated rings. The van der Waals surface area contributed by atoms with Crippen molar-refractivity contribution in [1.29, 1.82) is 0 Å². The number of nitrogens with one attached hydrogen (secondary N) is 1. The molecule has 1 N–H and O–H groups in total. The highest BCUT2D eigenvalue weighted by Crippen LogP contribution is 2.30. The number of nitrogens with zero attached hydrogens (tertiary/aromatic N) is 2. The molecule has 1 aromatic heterocycles. The van der Waals surface area contributed by atoms with Crippen molar-refractivity contribution in [3.05, 3.63) is 51.3 Å². The van der Waals surface area contributed by atoms with E-state index in [9.17, 15) is 0 Å². The second kappa shape index (κ2) is 6.61. The van der Waals surface area contributed by atoms with Crippen molar-refractivity contribution in [2.75, 3.05) is 13.6 Å². The second-order valence-corrected chi connectivity index (χ2v) is 5.74. The van der Waals surface area contributed by atoms with Crippen LogP contribution in [0.5, 0.6) is 0 Å². The average Bonchev–Trinajstić information content (AvgIpc) is 2.65. The van der Waals surface area contributed by atoms with Gasteiger partial charge in [0.15, 0.2) is 0 Å². The van der Waals surface area contributed by atoms with E-state index >= 15 is 0 Å². The minimum absolute atomic E-state index is 0.265. The summed E-state index contributed by atoms with van der Waals surface area (Å²) in [4.78, 5) is 0. The summed E-state index contributed by atoms with van der Waals surface area (Å²) in [7, 11) is 3.87. The maximum absolute atomic E-state index is 6.35. The summed E-state index contributed by atoms with van der Waals surface area (Å²) in [6.07, 6.45) is 0.806. The van der Waals surface area contributed by atoms with E-state index in [0.717, 1.165) is 40.0 Å². The van der Waals surface area contributed by atoms with E-state index in [1.807, 2.05) is 43.9 Å². The van der Waals surface area contributed by atoms with Gasteiger partial charge in [0.1, 0.15) is 0 Å². The van der Waals surface area contributed by atoms with E-state index in [4.69, 9.17) is 23.2 Å². The number of rotatable bonds is 5. The number of aryl methyl sites for hydroxylation is 2. The Kier molecular flexibility index (Phi) is 5.08. The van der Waals surface area contributed by atoms with Crippen LogP contribution in [0.4, 0.5) is 0 Å². The minimum Gasteiger partial charge on any atom is -0.319 e. The number of hydrogen-bond acceptors (Lipinski definition) is 2. The number of benzene rings is 1. The Morgan fingerprint density at radius 1 is 1.30 bits per heavy atom. The Morgan fingerprint density at radius 2 is 2.00 bits per heavy atom. The first-order valence-corrected chi connectivity index (χ1v) is 7.37. The lowest BCUT2D eigenvalue weighted by Crippen LogP contribution is -2.20. The summed E-state index contributed by atoms with van der Waals surface area (Å²) in [6.45, 7) is 2.76. The third-order valence-electron chi connectivity index (χ3n) is 3.50. The summed E-state index contributed by atoms with van der Waals surface area (Å²) in [5.74, 6) is 0.265. The molecule has 2 rings (SSSR count). The molecule has 2 aromatic rings. The smallest absolute Gasteiger partial charge is 0.0847 e. The molecule has 5 heteroatoms. The summed E-state index contributed by atoms with van der Waals surface area (Å²) < 4.78 is 1.86. The van der Waals surface area contributed by atoms with Gasteiger partial charge >= 0.3 is 0 Å². The zero-order chi connectivity index (χ0) is 14.7. The van der Waals surface area contributed by atoms with Crippen molar-refractivity contribution in [3.8, 4) is 0 Å². The molecule has 0 saturated carbocycles. The molecule has 0 aliphatic carbocycles. The van der Waals surface area contributed by atoms with Gasteiger partial charge in [0.05, 0.1) is 16.4 Å². The van der Waals surface area contributed by atoms with Crippen molar-refractivity contribution in [1.82, 2.24) is 15.1 Å². The third-order valence-corrected chi connectivity index (χ3v) is 4.33. The highest BCUT2D eigenvalue weighted by molar-refractivity contribution is 6.32. The molecule has 0 spiro atoms. The van der Waals surface area contributed by atoms with Crippen molar-refractivity contribution in [2.45, 2.75) is 19.3 Å². The van der Waals surface area contributed by atoms with Crippen LogP contribution in [0.2, 0.25) is 10.0 Å². The van der Waals surface area contributed by atoms with Gasteiger partial charge in [0.25, 0.3) is 0 Å². The van der Waals surface area contributed by atoms with E-state index in [0.29, 0.717) is 0 Å². The van der Waals surface area contributed by atoms with Crippen LogP contribution in [0, 0.1) is 6.92 Å². The predicted octanol–water partition coefficient (Wildman–Crippen LogP) is 3.58. The minimum atomic E-state index is 0.265. The molecule has 20 heavy (non-hydrogen) atoms. The summed E-state index contributed by atoms with van der Waals surface area (Å²) in [6, 6.07) is 7.96. The number of likely N-dealkylation sites (N-methyl/N-ethyl adjacent to an activating group) is 1. The number of aromatic nitrogens is 2. The molecular weight excluding hydrogens is 293 g/mol. The van der Waals surface area contributed by atoms with Gasteiger partial charge in [-0.1, -0.05) is 41.4 Å². The monoisotopic (exact) mass is 311 g/mol. The van der Waals surface area contributed by atoms with Crippen LogP contribution in [-0.4, -0.2) is 23.4 Å². The molecule has 0 saturated heterocycles. The third kappa shape index (κ3) is 3.17. The normalized spacial score (nSPS) is 12.7. The van der Waals surface area contributed by atoms with Crippen molar-refractivity contribution < 1.29 is 0 Å². The van der Waals surface area contributed by atoms with Crippen molar-refractivity contribution in [2.24, 2.45) is 7.05 Å². The second-order valence-electron chi connectivity index (χ2n) is 4.95. The van der Waals surface area contributed by atoms with Crippen LogP contribution in [0.3, 0.4) is 0 Å². The molecule has 1 atom stereocenters. The lowest BCUT2D eigenvalue weighted by atomic mass is 9.94. The van der Waals surface area contributed by atoms with E-state index < -0.39 is 0 Å². The molecule has 0 aliphatic heterocycles. The maximum Gasteiger partial charge on any atom is 0.0847 e. The number of hydrogen-bond donors (Lipinski definition) is 1. The number of halogens is 2. The summed E-state index contributed by atoms with van der Waals surface area (Å²) >= 11 is 12.7. The lowest BCUT2D eigenvalue weighted by Gasteiger charge is -2.18. The van der Waals surface area contributed by atoms with Gasteiger partial charge in [-0.15, -0.1) is 0 Å². The molecule has 0 bridgehead atoms. The van der Waals surface area contributed by atoms with Gasteiger partial charge in [-0.2, -0.15) is 5.10 Å². The Labute approximate surface area is 129 Å². The standard InChI is InChI=1S/C15H19Cl2N3/c1-10-15(17)14(20(3)19-10)8-11(9-18-2)12-6-4-5-7-13(12)16/h4-7,11,18H,8-9H2,1-3H3. The SMILES string of the molecule is CNCC(Cc1c(Cl)c(C)nn1C)c1ccccc1Cl. The Bertz CT molecular complexity index is 593. The molecule has 3 nitrogen and oxygen atoms in total. The molecule has 0 aliphatic rings. The molecule has 1 unspecified atom stereocenters. The van der Waals surface area contributed by atoms with Gasteiger partial charge < -0.3 is 5.32 Å². The fourth-order valence-electron chi connectivity index (χ4n) is 2.48. The molecule has 0 amide bonds. The topological polar surface area (TPSA) is 29.9 Å². The van der Waals surface area contributed by atoms with Gasteiger partial charge in [-0.05, 0) is 32.0 Å². The van der Waals surface area contributed by atoms with Crippen molar-refractivity contribution in [3.63, 3.8) is 0 Å². The first kappa shape index (κ1) is 15.4. The van der Waals surface area contributed by atoms with Gasteiger partial charge in [0.2, 0.25) is 0 Å². The van der Waals surface area contributed by atoms with Gasteiger partial charge in [-0.25, -0.2) is 0 Å². The van der Waals surface area contributed by atoms with Crippen LogP contribution in [0.25, 0.3) is 0 Å². The molecule has 108 valence electrons. The summed E-state index contributed by atoms with van der Waals surface area (Å²) in [5, 5.41) is 9.14. The first-order valence-electron chi connectivity index (χ1n) is 6.61. The first-order chi connectivity index (χ1) is 9.54.